The Balaban J connectivity index is 1.27. The third kappa shape index (κ3) is 4.87. The fourth-order valence-corrected chi connectivity index (χ4v) is 6.74. The quantitative estimate of drug-likeness (QED) is 0.173. The van der Waals surface area contributed by atoms with Gasteiger partial charge >= 0.3 is 0 Å². The van der Waals surface area contributed by atoms with E-state index in [1.165, 1.54) is 32.8 Å². The number of aromatic nitrogens is 1. The average Bonchev–Trinajstić information content (AvgIpc) is 3.32. The lowest BCUT2D eigenvalue weighted by molar-refractivity contribution is 1.19. The summed E-state index contributed by atoms with van der Waals surface area (Å²) in [6.45, 7) is 0. The molecule has 0 atom stereocenters. The molecule has 9 rings (SSSR count). The smallest absolute Gasteiger partial charge is 0.161 e. The molecule has 0 unspecified atom stereocenters. The molecule has 8 aromatic rings. The fraction of sp³-hybridized carbons (Fsp3) is 0. The van der Waals surface area contributed by atoms with Crippen molar-refractivity contribution in [2.75, 3.05) is 0 Å². The van der Waals surface area contributed by atoms with E-state index in [4.69, 9.17) is 9.98 Å². The second-order valence-corrected chi connectivity index (χ2v) is 12.0. The van der Waals surface area contributed by atoms with Gasteiger partial charge in [0, 0.05) is 38.9 Å². The van der Waals surface area contributed by atoms with Gasteiger partial charge in [0.2, 0.25) is 0 Å². The number of hydrogen-bond acceptors (Lipinski definition) is 2. The third-order valence-electron chi connectivity index (χ3n) is 9.02. The minimum atomic E-state index is 0.651. The average molecular weight is 612 g/mol. The molecule has 7 aromatic carbocycles. The van der Waals surface area contributed by atoms with Crippen molar-refractivity contribution >= 4 is 49.8 Å². The van der Waals surface area contributed by atoms with E-state index in [0.29, 0.717) is 5.84 Å². The molecule has 3 heteroatoms. The number of amidine groups is 1. The van der Waals surface area contributed by atoms with Crippen molar-refractivity contribution in [1.29, 1.82) is 0 Å². The zero-order chi connectivity index (χ0) is 31.9. The molecule has 1 aliphatic rings. The van der Waals surface area contributed by atoms with Crippen molar-refractivity contribution in [1.82, 2.24) is 4.57 Å². The Bertz CT molecular complexity index is 2580. The molecular weight excluding hydrogens is 583 g/mol. The first kappa shape index (κ1) is 27.7. The summed E-state index contributed by atoms with van der Waals surface area (Å²) >= 11 is 0. The van der Waals surface area contributed by atoms with E-state index in [0.717, 1.165) is 44.7 Å². The lowest BCUT2D eigenvalue weighted by Crippen LogP contribution is -2.04. The van der Waals surface area contributed by atoms with Gasteiger partial charge in [-0.05, 0) is 46.8 Å². The summed E-state index contributed by atoms with van der Waals surface area (Å²) in [7, 11) is 0. The molecule has 224 valence electrons. The van der Waals surface area contributed by atoms with Crippen LogP contribution in [0.4, 0.5) is 0 Å². The number of fused-ring (bicyclic) bond motifs is 4. The molecule has 0 bridgehead atoms. The van der Waals surface area contributed by atoms with Crippen molar-refractivity contribution in [2.24, 2.45) is 9.98 Å². The molecule has 0 fully saturated rings. The predicted molar refractivity (Wildman–Crippen MR) is 201 cm³/mol. The van der Waals surface area contributed by atoms with E-state index in [1.54, 1.807) is 0 Å². The second-order valence-electron chi connectivity index (χ2n) is 12.0. The van der Waals surface area contributed by atoms with Gasteiger partial charge in [-0.3, -0.25) is 0 Å². The van der Waals surface area contributed by atoms with E-state index in [9.17, 15) is 0 Å². The summed E-state index contributed by atoms with van der Waals surface area (Å²) < 4.78 is 2.39. The Kier molecular flexibility index (Phi) is 6.75. The number of nitrogens with zero attached hydrogens (tertiary/aromatic N) is 3. The van der Waals surface area contributed by atoms with Crippen LogP contribution in [-0.2, 0) is 0 Å². The van der Waals surface area contributed by atoms with Crippen LogP contribution >= 0.6 is 0 Å². The largest absolute Gasteiger partial charge is 0.309 e. The van der Waals surface area contributed by atoms with Gasteiger partial charge in [-0.15, -0.1) is 0 Å². The van der Waals surface area contributed by atoms with Crippen molar-refractivity contribution in [3.63, 3.8) is 0 Å². The first-order valence-electron chi connectivity index (χ1n) is 16.2. The van der Waals surface area contributed by atoms with Crippen molar-refractivity contribution in [2.45, 2.75) is 0 Å². The Hall–Kier alpha value is -6.54. The van der Waals surface area contributed by atoms with Gasteiger partial charge in [0.25, 0.3) is 0 Å². The number of rotatable bonds is 5. The normalized spacial score (nSPS) is 13.0. The van der Waals surface area contributed by atoms with Crippen LogP contribution in [0.25, 0.3) is 55.1 Å². The van der Waals surface area contributed by atoms with Crippen LogP contribution < -0.4 is 0 Å². The lowest BCUT2D eigenvalue weighted by Gasteiger charge is -2.14. The third-order valence-corrected chi connectivity index (χ3v) is 9.02. The van der Waals surface area contributed by atoms with Crippen LogP contribution in [0.5, 0.6) is 0 Å². The number of hydrogen-bond donors (Lipinski definition) is 0. The molecular formula is C45H29N3. The first-order chi connectivity index (χ1) is 23.8. The van der Waals surface area contributed by atoms with Gasteiger partial charge in [0.1, 0.15) is 5.70 Å². The Morgan fingerprint density at radius 2 is 1.00 bits per heavy atom. The van der Waals surface area contributed by atoms with Gasteiger partial charge < -0.3 is 4.57 Å². The zero-order valence-electron chi connectivity index (χ0n) is 26.1. The first-order valence-corrected chi connectivity index (χ1v) is 16.2. The van der Waals surface area contributed by atoms with Gasteiger partial charge in [0.05, 0.1) is 22.4 Å². The van der Waals surface area contributed by atoms with Crippen LogP contribution in [0.15, 0.2) is 192 Å². The molecule has 2 heterocycles. The maximum atomic E-state index is 5.22. The van der Waals surface area contributed by atoms with Gasteiger partial charge in [-0.2, -0.15) is 0 Å². The number of benzene rings is 7. The molecule has 0 spiro atoms. The molecule has 0 radical (unpaired) electrons. The maximum absolute atomic E-state index is 5.22. The Labute approximate surface area is 278 Å². The number of allylic oxidation sites excluding steroid dienone is 1. The molecule has 1 aliphatic heterocycles. The standard InChI is InChI=1S/C45H29N3/c1-3-14-31(15-4-1)33-19-13-20-35(28-33)40-26-27-41(47-45(46-40)32-16-5-2-6-17-32)36-29-34-18-7-8-21-37(34)44(30-36)48-42-24-11-9-22-38(42)39-23-10-12-25-43(39)48/h1-26,28-30H. The molecule has 0 N–H and O–H groups in total. The van der Waals surface area contributed by atoms with Crippen molar-refractivity contribution < 1.29 is 0 Å². The molecule has 0 saturated heterocycles. The van der Waals surface area contributed by atoms with Crippen molar-refractivity contribution in [3.05, 3.63) is 198 Å². The van der Waals surface area contributed by atoms with Crippen LogP contribution in [0, 0.1) is 0 Å². The van der Waals surface area contributed by atoms with Gasteiger partial charge in [0.15, 0.2) is 5.84 Å². The topological polar surface area (TPSA) is 29.6 Å². The summed E-state index contributed by atoms with van der Waals surface area (Å²) in [4.78, 5) is 10.4. The summed E-state index contributed by atoms with van der Waals surface area (Å²) in [6.07, 6.45) is 1.98. The monoisotopic (exact) mass is 611 g/mol. The SMILES string of the molecule is C1=CC(c2cccc(-c3ccccc3)c2)=NC(c2ccccc2)=NC=1c1cc(-n2c3ccccc3c3ccccc32)c2ccccc2c1. The highest BCUT2D eigenvalue weighted by Crippen LogP contribution is 2.36. The van der Waals surface area contributed by atoms with Crippen LogP contribution in [0.2, 0.25) is 0 Å². The second kappa shape index (κ2) is 11.7. The van der Waals surface area contributed by atoms with E-state index in [-0.39, 0.29) is 0 Å². The highest BCUT2D eigenvalue weighted by molar-refractivity contribution is 6.19. The molecule has 0 aliphatic carbocycles. The van der Waals surface area contributed by atoms with Crippen LogP contribution in [0.3, 0.4) is 0 Å². The van der Waals surface area contributed by atoms with Crippen LogP contribution in [0.1, 0.15) is 16.7 Å². The molecule has 48 heavy (non-hydrogen) atoms. The molecule has 3 nitrogen and oxygen atoms in total. The van der Waals surface area contributed by atoms with Gasteiger partial charge in [-0.25, -0.2) is 9.98 Å². The summed E-state index contributed by atoms with van der Waals surface area (Å²) in [5.74, 6) is 0.651. The van der Waals surface area contributed by atoms with E-state index >= 15 is 0 Å². The van der Waals surface area contributed by atoms with Crippen molar-refractivity contribution in [3.8, 4) is 16.8 Å². The van der Waals surface area contributed by atoms with Crippen LogP contribution in [-0.4, -0.2) is 16.1 Å². The summed E-state index contributed by atoms with van der Waals surface area (Å²) in [6, 6.07) is 59.5. The number of para-hydroxylation sites is 2. The van der Waals surface area contributed by atoms with E-state index in [1.807, 2.05) is 30.3 Å². The minimum Gasteiger partial charge on any atom is -0.309 e. The van der Waals surface area contributed by atoms with E-state index in [2.05, 4.69) is 156 Å². The Morgan fingerprint density at radius 3 is 1.73 bits per heavy atom. The Morgan fingerprint density at radius 1 is 0.417 bits per heavy atom. The predicted octanol–water partition coefficient (Wildman–Crippen LogP) is 11.0. The maximum Gasteiger partial charge on any atom is 0.161 e. The highest BCUT2D eigenvalue weighted by atomic mass is 15.0. The summed E-state index contributed by atoms with van der Waals surface area (Å²) in [5, 5.41) is 4.78. The molecule has 1 aromatic heterocycles. The minimum absolute atomic E-state index is 0.651. The number of aliphatic imine (C=N–C) groups is 2. The summed E-state index contributed by atoms with van der Waals surface area (Å²) in [5.41, 5.74) is 13.8. The lowest BCUT2D eigenvalue weighted by atomic mass is 10.0. The zero-order valence-corrected chi connectivity index (χ0v) is 26.1. The van der Waals surface area contributed by atoms with Gasteiger partial charge in [-0.1, -0.05) is 145 Å². The molecule has 0 amide bonds. The fourth-order valence-electron chi connectivity index (χ4n) is 6.74. The highest BCUT2D eigenvalue weighted by Gasteiger charge is 2.17. The van der Waals surface area contributed by atoms with E-state index < -0.39 is 0 Å². The molecule has 0 saturated carbocycles.